The molecule has 7 nitrogen and oxygen atoms in total. The minimum absolute atomic E-state index is 0.0768. The van der Waals surface area contributed by atoms with Crippen molar-refractivity contribution in [2.24, 2.45) is 5.41 Å². The van der Waals surface area contributed by atoms with E-state index in [2.05, 4.69) is 33.4 Å². The Labute approximate surface area is 252 Å². The molecule has 0 fully saturated rings. The number of rotatable bonds is 5. The van der Waals surface area contributed by atoms with Gasteiger partial charge < -0.3 is 14.7 Å². The molecule has 0 aromatic heterocycles. The lowest BCUT2D eigenvalue weighted by atomic mass is 9.83. The van der Waals surface area contributed by atoms with Gasteiger partial charge in [0, 0.05) is 40.7 Å². The largest absolute Gasteiger partial charge is 0.478 e. The zero-order valence-electron chi connectivity index (χ0n) is 25.6. The molecular weight excluding hydrogens is 562 g/mol. The quantitative estimate of drug-likeness (QED) is 0.267. The highest BCUT2D eigenvalue weighted by Gasteiger charge is 2.34. The average Bonchev–Trinajstić information content (AvgIpc) is 2.87. The smallest absolute Gasteiger partial charge is 0.336 e. The molecule has 2 aliphatic rings. The molecule has 0 spiro atoms. The highest BCUT2D eigenvalue weighted by Crippen LogP contribution is 2.46. The van der Waals surface area contributed by atoms with Crippen LogP contribution in [0.2, 0.25) is 0 Å². The number of likely N-dealkylation sites (N-methyl/N-ethyl adjacent to an activating group) is 1. The first-order valence-electron chi connectivity index (χ1n) is 14.0. The maximum absolute atomic E-state index is 12.5. The summed E-state index contributed by atoms with van der Waals surface area (Å²) in [6, 6.07) is 14.4. The SMILES string of the molecule is C=c1cc2c(cc1/C(C)=C\C(C)(C)C)=C(c1ccccc1C(=O)O)c1cc3c(cc1O2)N(C)C(C)(C)C=C3CS(=O)(=O)O. The summed E-state index contributed by atoms with van der Waals surface area (Å²) in [6.45, 7) is 16.6. The molecule has 0 amide bonds. The van der Waals surface area contributed by atoms with Gasteiger partial charge in [-0.1, -0.05) is 57.7 Å². The number of anilines is 1. The Balaban J connectivity index is 1.92. The molecule has 224 valence electrons. The Morgan fingerprint density at radius 2 is 1.70 bits per heavy atom. The number of carbonyl (C=O) groups is 1. The first-order valence-corrected chi connectivity index (χ1v) is 15.6. The third-order valence-corrected chi connectivity index (χ3v) is 8.68. The Morgan fingerprint density at radius 3 is 2.33 bits per heavy atom. The molecule has 8 heteroatoms. The Morgan fingerprint density at radius 1 is 1.02 bits per heavy atom. The number of benzene rings is 3. The van der Waals surface area contributed by atoms with Crippen molar-refractivity contribution in [3.05, 3.63) is 98.9 Å². The van der Waals surface area contributed by atoms with E-state index in [4.69, 9.17) is 4.74 Å². The summed E-state index contributed by atoms with van der Waals surface area (Å²) < 4.78 is 40.5. The van der Waals surface area contributed by atoms with E-state index in [1.165, 1.54) is 0 Å². The van der Waals surface area contributed by atoms with E-state index < -0.39 is 27.4 Å². The Kier molecular flexibility index (Phi) is 7.22. The van der Waals surface area contributed by atoms with E-state index in [0.717, 1.165) is 22.0 Å². The first-order chi connectivity index (χ1) is 19.9. The number of aromatic carboxylic acids is 1. The normalized spacial score (nSPS) is 16.1. The second-order valence-corrected chi connectivity index (χ2v) is 14.5. The minimum atomic E-state index is -4.34. The topological polar surface area (TPSA) is 104 Å². The van der Waals surface area contributed by atoms with Crippen molar-refractivity contribution in [2.75, 3.05) is 17.7 Å². The Hall–Kier alpha value is -4.14. The highest BCUT2D eigenvalue weighted by atomic mass is 32.2. The number of ether oxygens (including phenoxy) is 1. The van der Waals surface area contributed by atoms with Crippen molar-refractivity contribution >= 4 is 45.1 Å². The van der Waals surface area contributed by atoms with E-state index in [-0.39, 0.29) is 11.0 Å². The van der Waals surface area contributed by atoms with Crippen molar-refractivity contribution in [3.8, 4) is 11.5 Å². The summed E-state index contributed by atoms with van der Waals surface area (Å²) in [5.41, 5.74) is 5.03. The summed E-state index contributed by atoms with van der Waals surface area (Å²) in [5.74, 6) is -0.569. The van der Waals surface area contributed by atoms with Crippen molar-refractivity contribution in [3.63, 3.8) is 0 Å². The predicted octanol–water partition coefficient (Wildman–Crippen LogP) is 6.10. The van der Waals surface area contributed by atoms with Gasteiger partial charge in [-0.05, 0) is 77.9 Å². The summed E-state index contributed by atoms with van der Waals surface area (Å²) in [4.78, 5) is 14.5. The van der Waals surface area contributed by atoms with Gasteiger partial charge in [-0.3, -0.25) is 4.55 Å². The molecule has 3 aromatic rings. The number of carboxylic acids is 1. The van der Waals surface area contributed by atoms with Crippen molar-refractivity contribution in [1.82, 2.24) is 0 Å². The zero-order valence-corrected chi connectivity index (χ0v) is 26.4. The van der Waals surface area contributed by atoms with Crippen molar-refractivity contribution < 1.29 is 27.6 Å². The maximum atomic E-state index is 12.5. The van der Waals surface area contributed by atoms with Gasteiger partial charge in [0.15, 0.2) is 0 Å². The highest BCUT2D eigenvalue weighted by molar-refractivity contribution is 7.86. The standard InChI is InChI=1S/C35H37NO6S/c1-20-13-30-27(14-25(20)21(2)17-34(3,4)5)32(23-11-9-10-12-24(23)33(37)38)28-15-26-22(19-43(39,40)41)18-35(6,7)36(8)29(26)16-31(28)42-30/h9-18H,1,19H2,2-8H3,(H,37,38)(H,39,40,41)/b21-17-. The number of carboxylic acid groups (broad SMARTS) is 1. The van der Waals surface area contributed by atoms with E-state index >= 15 is 0 Å². The van der Waals surface area contributed by atoms with Crippen LogP contribution in [0.5, 0.6) is 11.5 Å². The molecule has 0 unspecified atom stereocenters. The first kappa shape index (κ1) is 30.3. The fraction of sp³-hybridized carbons (Fsp3) is 0.286. The molecule has 0 bridgehead atoms. The molecular formula is C35H37NO6S. The molecule has 5 rings (SSSR count). The monoisotopic (exact) mass is 599 g/mol. The van der Waals surface area contributed by atoms with Gasteiger partial charge in [0.1, 0.15) is 17.3 Å². The second kappa shape index (κ2) is 10.2. The van der Waals surface area contributed by atoms with Crippen LogP contribution in [0.4, 0.5) is 5.69 Å². The number of fused-ring (bicyclic) bond motifs is 3. The summed E-state index contributed by atoms with van der Waals surface area (Å²) in [5, 5.41) is 11.7. The van der Waals surface area contributed by atoms with Crippen molar-refractivity contribution in [1.29, 1.82) is 0 Å². The zero-order chi connectivity index (χ0) is 31.6. The Bertz CT molecular complexity index is 1980. The van der Waals surface area contributed by atoms with Gasteiger partial charge in [-0.25, -0.2) is 4.79 Å². The number of hydrogen-bond donors (Lipinski definition) is 2. The van der Waals surface area contributed by atoms with Gasteiger partial charge >= 0.3 is 5.97 Å². The second-order valence-electron chi connectivity index (χ2n) is 13.0. The van der Waals surface area contributed by atoms with Gasteiger partial charge in [0.05, 0.1) is 11.1 Å². The van der Waals surface area contributed by atoms with Crippen LogP contribution in [0.3, 0.4) is 0 Å². The lowest BCUT2D eigenvalue weighted by molar-refractivity contribution is 0.0696. The molecule has 0 aliphatic carbocycles. The van der Waals surface area contributed by atoms with E-state index in [0.29, 0.717) is 44.6 Å². The molecule has 3 aromatic carbocycles. The van der Waals surface area contributed by atoms with Gasteiger partial charge in [0.25, 0.3) is 10.1 Å². The van der Waals surface area contributed by atoms with Gasteiger partial charge in [0.2, 0.25) is 0 Å². The van der Waals surface area contributed by atoms with Gasteiger partial charge in [-0.2, -0.15) is 8.42 Å². The third kappa shape index (κ3) is 5.77. The van der Waals surface area contributed by atoms with Crippen LogP contribution in [-0.4, -0.2) is 42.4 Å². The predicted molar refractivity (Wildman–Crippen MR) is 173 cm³/mol. The molecule has 43 heavy (non-hydrogen) atoms. The molecule has 0 saturated carbocycles. The van der Waals surface area contributed by atoms with Crippen LogP contribution in [0.15, 0.2) is 60.7 Å². The van der Waals surface area contributed by atoms with E-state index in [1.54, 1.807) is 24.3 Å². The average molecular weight is 600 g/mol. The van der Waals surface area contributed by atoms with E-state index in [1.807, 2.05) is 63.1 Å². The molecule has 2 N–H and O–H groups in total. The third-order valence-electron chi connectivity index (χ3n) is 8.00. The van der Waals surface area contributed by atoms with Crippen LogP contribution in [0.1, 0.15) is 74.2 Å². The van der Waals surface area contributed by atoms with Crippen LogP contribution in [0.25, 0.3) is 23.3 Å². The number of nitrogens with zero attached hydrogens (tertiary/aromatic N) is 1. The van der Waals surface area contributed by atoms with Gasteiger partial charge in [-0.15, -0.1) is 0 Å². The summed E-state index contributed by atoms with van der Waals surface area (Å²) in [6.07, 6.45) is 4.01. The summed E-state index contributed by atoms with van der Waals surface area (Å²) in [7, 11) is -2.42. The number of hydrogen-bond acceptors (Lipinski definition) is 5. The number of allylic oxidation sites excluding steroid dienone is 2. The van der Waals surface area contributed by atoms with Crippen LogP contribution in [0, 0.1) is 5.41 Å². The van der Waals surface area contributed by atoms with E-state index in [9.17, 15) is 22.9 Å². The van der Waals surface area contributed by atoms with Crippen LogP contribution in [-0.2, 0) is 10.1 Å². The fourth-order valence-electron chi connectivity index (χ4n) is 6.05. The molecule has 0 radical (unpaired) electrons. The fourth-order valence-corrected chi connectivity index (χ4v) is 6.68. The maximum Gasteiger partial charge on any atom is 0.336 e. The minimum Gasteiger partial charge on any atom is -0.478 e. The van der Waals surface area contributed by atoms with Crippen LogP contribution < -0.4 is 20.1 Å². The lowest BCUT2D eigenvalue weighted by Crippen LogP contribution is -2.42. The van der Waals surface area contributed by atoms with Crippen molar-refractivity contribution in [2.45, 2.75) is 47.1 Å². The molecule has 2 heterocycles. The molecule has 2 aliphatic heterocycles. The summed E-state index contributed by atoms with van der Waals surface area (Å²) >= 11 is 0. The molecule has 0 saturated heterocycles. The molecule has 0 atom stereocenters. The van der Waals surface area contributed by atoms with Crippen LogP contribution >= 0.6 is 0 Å². The lowest BCUT2D eigenvalue weighted by Gasteiger charge is -2.41.